The highest BCUT2D eigenvalue weighted by Gasteiger charge is 2.20. The van der Waals surface area contributed by atoms with Crippen molar-refractivity contribution in [2.24, 2.45) is 0 Å². The molecule has 2 aromatic carbocycles. The van der Waals surface area contributed by atoms with Gasteiger partial charge in [-0.3, -0.25) is 0 Å². The monoisotopic (exact) mass is 319 g/mol. The van der Waals surface area contributed by atoms with Gasteiger partial charge in [-0.05, 0) is 42.2 Å². The van der Waals surface area contributed by atoms with Gasteiger partial charge in [0, 0.05) is 5.56 Å². The van der Waals surface area contributed by atoms with Gasteiger partial charge in [0.15, 0.2) is 0 Å². The van der Waals surface area contributed by atoms with Crippen LogP contribution in [-0.2, 0) is 11.2 Å². The van der Waals surface area contributed by atoms with E-state index in [1.165, 1.54) is 7.11 Å². The van der Waals surface area contributed by atoms with Crippen molar-refractivity contribution >= 4 is 11.7 Å². The second-order valence-electron chi connectivity index (χ2n) is 5.29. The Hall–Kier alpha value is -3.31. The molecule has 0 saturated heterocycles. The normalized spacial score (nSPS) is 9.88. The van der Waals surface area contributed by atoms with Gasteiger partial charge in [0.2, 0.25) is 0 Å². The molecule has 24 heavy (non-hydrogen) atoms. The zero-order valence-electron chi connectivity index (χ0n) is 13.8. The Morgan fingerprint density at radius 2 is 1.75 bits per heavy atom. The maximum absolute atomic E-state index is 11.6. The molecule has 0 heterocycles. The van der Waals surface area contributed by atoms with E-state index in [-0.39, 0.29) is 11.3 Å². The van der Waals surface area contributed by atoms with E-state index in [4.69, 9.17) is 5.73 Å². The fourth-order valence-electron chi connectivity index (χ4n) is 2.89. The van der Waals surface area contributed by atoms with E-state index in [2.05, 4.69) is 16.9 Å². The standard InChI is InChI=1S/C19H17N3O2/c1-4-14-11(2)17(16(10-21)18(22)15(14)9-20)12-5-7-13(8-6-12)19(23)24-3/h5-8H,4,22H2,1-3H3. The first-order chi connectivity index (χ1) is 11.5. The number of methoxy groups -OCH3 is 1. The van der Waals surface area contributed by atoms with Gasteiger partial charge in [0.05, 0.1) is 29.5 Å². The van der Waals surface area contributed by atoms with Gasteiger partial charge >= 0.3 is 5.97 Å². The molecule has 2 rings (SSSR count). The number of anilines is 1. The third-order valence-electron chi connectivity index (χ3n) is 4.09. The first-order valence-electron chi connectivity index (χ1n) is 7.43. The van der Waals surface area contributed by atoms with Crippen LogP contribution in [0.25, 0.3) is 11.1 Å². The number of carbonyl (C=O) groups is 1. The molecule has 0 aromatic heterocycles. The summed E-state index contributed by atoms with van der Waals surface area (Å²) in [5, 5.41) is 18.9. The summed E-state index contributed by atoms with van der Waals surface area (Å²) in [6.07, 6.45) is 0.637. The number of carbonyl (C=O) groups excluding carboxylic acids is 1. The number of esters is 1. The van der Waals surface area contributed by atoms with Crippen LogP contribution in [0.4, 0.5) is 5.69 Å². The van der Waals surface area contributed by atoms with E-state index in [1.807, 2.05) is 13.8 Å². The number of benzene rings is 2. The maximum Gasteiger partial charge on any atom is 0.337 e. The molecule has 0 amide bonds. The quantitative estimate of drug-likeness (QED) is 0.691. The fraction of sp³-hybridized carbons (Fsp3) is 0.211. The number of nitrogen functional groups attached to an aromatic ring is 1. The van der Waals surface area contributed by atoms with E-state index in [1.54, 1.807) is 24.3 Å². The molecule has 0 aliphatic heterocycles. The van der Waals surface area contributed by atoms with E-state index in [9.17, 15) is 15.3 Å². The van der Waals surface area contributed by atoms with Gasteiger partial charge in [0.1, 0.15) is 12.1 Å². The van der Waals surface area contributed by atoms with Crippen molar-refractivity contribution < 1.29 is 9.53 Å². The first kappa shape index (κ1) is 17.1. The molecular weight excluding hydrogens is 302 g/mol. The summed E-state index contributed by atoms with van der Waals surface area (Å²) in [7, 11) is 1.32. The van der Waals surface area contributed by atoms with Crippen LogP contribution in [0, 0.1) is 29.6 Å². The Morgan fingerprint density at radius 3 is 2.21 bits per heavy atom. The highest BCUT2D eigenvalue weighted by molar-refractivity contribution is 5.91. The van der Waals surface area contributed by atoms with Crippen molar-refractivity contribution in [1.29, 1.82) is 10.5 Å². The topological polar surface area (TPSA) is 99.9 Å². The number of nitrogens with zero attached hydrogens (tertiary/aromatic N) is 2. The highest BCUT2D eigenvalue weighted by Crippen LogP contribution is 2.36. The van der Waals surface area contributed by atoms with E-state index < -0.39 is 5.97 Å². The Labute approximate surface area is 140 Å². The summed E-state index contributed by atoms with van der Waals surface area (Å²) in [6.45, 7) is 3.82. The zero-order valence-corrected chi connectivity index (χ0v) is 13.8. The molecule has 0 aliphatic rings. The van der Waals surface area contributed by atoms with Crippen LogP contribution in [-0.4, -0.2) is 13.1 Å². The fourth-order valence-corrected chi connectivity index (χ4v) is 2.89. The van der Waals surface area contributed by atoms with Gasteiger partial charge in [-0.25, -0.2) is 4.79 Å². The van der Waals surface area contributed by atoms with Crippen LogP contribution in [0.2, 0.25) is 0 Å². The van der Waals surface area contributed by atoms with Gasteiger partial charge in [-0.15, -0.1) is 0 Å². The second-order valence-corrected chi connectivity index (χ2v) is 5.29. The second kappa shape index (κ2) is 6.85. The molecule has 0 aliphatic carbocycles. The van der Waals surface area contributed by atoms with Gasteiger partial charge in [-0.2, -0.15) is 10.5 Å². The number of nitriles is 2. The van der Waals surface area contributed by atoms with Crippen molar-refractivity contribution in [2.75, 3.05) is 12.8 Å². The number of hydrogen-bond acceptors (Lipinski definition) is 5. The van der Waals surface area contributed by atoms with Crippen molar-refractivity contribution in [3.63, 3.8) is 0 Å². The number of hydrogen-bond donors (Lipinski definition) is 1. The molecule has 0 saturated carbocycles. The highest BCUT2D eigenvalue weighted by atomic mass is 16.5. The van der Waals surface area contributed by atoms with Crippen LogP contribution in [0.3, 0.4) is 0 Å². The SMILES string of the molecule is CCc1c(C)c(-c2ccc(C(=O)OC)cc2)c(C#N)c(N)c1C#N. The van der Waals surface area contributed by atoms with Crippen molar-refractivity contribution in [1.82, 2.24) is 0 Å². The lowest BCUT2D eigenvalue weighted by Crippen LogP contribution is -2.06. The van der Waals surface area contributed by atoms with Gasteiger partial charge < -0.3 is 10.5 Å². The minimum Gasteiger partial charge on any atom is -0.465 e. The molecule has 120 valence electrons. The molecular formula is C19H17N3O2. The molecule has 0 radical (unpaired) electrons. The summed E-state index contributed by atoms with van der Waals surface area (Å²) in [5.41, 5.74) is 10.5. The van der Waals surface area contributed by atoms with E-state index >= 15 is 0 Å². The first-order valence-corrected chi connectivity index (χ1v) is 7.43. The minimum absolute atomic E-state index is 0.203. The molecule has 5 nitrogen and oxygen atoms in total. The molecule has 0 fully saturated rings. The lowest BCUT2D eigenvalue weighted by molar-refractivity contribution is 0.0601. The molecule has 0 bridgehead atoms. The van der Waals surface area contributed by atoms with Gasteiger partial charge in [0.25, 0.3) is 0 Å². The number of ether oxygens (including phenoxy) is 1. The molecule has 0 unspecified atom stereocenters. The van der Waals surface area contributed by atoms with Crippen LogP contribution in [0.15, 0.2) is 24.3 Å². The largest absolute Gasteiger partial charge is 0.465 e. The smallest absolute Gasteiger partial charge is 0.337 e. The van der Waals surface area contributed by atoms with Crippen molar-refractivity contribution in [3.05, 3.63) is 52.1 Å². The summed E-state index contributed by atoms with van der Waals surface area (Å²) in [4.78, 5) is 11.6. The molecule has 0 spiro atoms. The molecule has 2 aromatic rings. The molecule has 2 N–H and O–H groups in total. The average molecular weight is 319 g/mol. The van der Waals surface area contributed by atoms with E-state index in [0.717, 1.165) is 16.7 Å². The Morgan fingerprint density at radius 1 is 1.17 bits per heavy atom. The summed E-state index contributed by atoms with van der Waals surface area (Å²) in [5.74, 6) is -0.424. The van der Waals surface area contributed by atoms with Crippen molar-refractivity contribution in [2.45, 2.75) is 20.3 Å². The predicted octanol–water partition coefficient (Wildman–Crippen LogP) is 3.34. The molecule has 5 heteroatoms. The molecule has 0 atom stereocenters. The summed E-state index contributed by atoms with van der Waals surface area (Å²) in [6, 6.07) is 11.0. The third kappa shape index (κ3) is 2.68. The number of rotatable bonds is 3. The lowest BCUT2D eigenvalue weighted by Gasteiger charge is -2.17. The average Bonchev–Trinajstić information content (AvgIpc) is 2.61. The summed E-state index contributed by atoms with van der Waals surface area (Å²) >= 11 is 0. The van der Waals surface area contributed by atoms with Crippen LogP contribution < -0.4 is 5.73 Å². The van der Waals surface area contributed by atoms with Crippen LogP contribution in [0.5, 0.6) is 0 Å². The lowest BCUT2D eigenvalue weighted by atomic mass is 9.86. The maximum atomic E-state index is 11.6. The van der Waals surface area contributed by atoms with Crippen LogP contribution >= 0.6 is 0 Å². The van der Waals surface area contributed by atoms with Crippen LogP contribution in [0.1, 0.15) is 39.5 Å². The number of nitrogens with two attached hydrogens (primary N) is 1. The zero-order chi connectivity index (χ0) is 17.9. The third-order valence-corrected chi connectivity index (χ3v) is 4.09. The minimum atomic E-state index is -0.424. The van der Waals surface area contributed by atoms with Crippen molar-refractivity contribution in [3.8, 4) is 23.3 Å². The van der Waals surface area contributed by atoms with Gasteiger partial charge in [-0.1, -0.05) is 19.1 Å². The Balaban J connectivity index is 2.75. The Kier molecular flexibility index (Phi) is 4.87. The predicted molar refractivity (Wildman–Crippen MR) is 91.2 cm³/mol. The summed E-state index contributed by atoms with van der Waals surface area (Å²) < 4.78 is 4.69. The Bertz CT molecular complexity index is 881. The van der Waals surface area contributed by atoms with E-state index in [0.29, 0.717) is 23.1 Å².